The van der Waals surface area contributed by atoms with Crippen LogP contribution in [-0.2, 0) is 0 Å². The number of hydrogen-bond acceptors (Lipinski definition) is 0. The molecule has 4 rings (SSSR count). The monoisotopic (exact) mass is 415 g/mol. The summed E-state index contributed by atoms with van der Waals surface area (Å²) in [4.78, 5) is 0. The summed E-state index contributed by atoms with van der Waals surface area (Å²) in [6.07, 6.45) is 0. The van der Waals surface area contributed by atoms with Gasteiger partial charge in [-0.2, -0.15) is 0 Å². The maximum Gasteiger partial charge on any atom is 1.00 e. The van der Waals surface area contributed by atoms with Crippen molar-refractivity contribution < 1.29 is 18.9 Å². The van der Waals surface area contributed by atoms with E-state index < -0.39 is 19.4 Å². The Labute approximate surface area is 196 Å². The van der Waals surface area contributed by atoms with Crippen molar-refractivity contribution in [3.8, 4) is 0 Å². The van der Waals surface area contributed by atoms with Crippen molar-refractivity contribution >= 4 is 19.4 Å². The zero-order valence-corrected chi connectivity index (χ0v) is 20.4. The van der Waals surface area contributed by atoms with Gasteiger partial charge in [-0.1, -0.05) is 141 Å². The zero-order valence-electron chi connectivity index (χ0n) is 17.6. The molecule has 0 bridgehead atoms. The van der Waals surface area contributed by atoms with E-state index in [1.807, 2.05) is 0 Å². The largest absolute Gasteiger partial charge is 1.00 e. The standard InChI is InChI=1S/C26H26NSi2.Li/c1-5-13-21(14-6-1)25(22-15-7-2-8-16-22)28-27-29-26(23-17-9-3-10-18-23)24-19-11-4-12-20-24;/h1-20,25-26H,28-29H2;/q-1;+1. The van der Waals surface area contributed by atoms with Crippen LogP contribution in [0.5, 0.6) is 0 Å². The molecule has 0 aliphatic heterocycles. The Bertz CT molecular complexity index is 820. The molecule has 0 spiro atoms. The SMILES string of the molecule is [Li+].c1ccc(C([SiH2][N-][SiH2]C(c2ccccc2)c2ccccc2)c2ccccc2)cc1. The molecule has 30 heavy (non-hydrogen) atoms. The molecule has 0 aliphatic rings. The average molecular weight is 416 g/mol. The molecule has 4 heteroatoms. The summed E-state index contributed by atoms with van der Waals surface area (Å²) in [5, 5.41) is 0. The van der Waals surface area contributed by atoms with Crippen LogP contribution in [0, 0.1) is 0 Å². The van der Waals surface area contributed by atoms with Gasteiger partial charge in [0.25, 0.3) is 0 Å². The fraction of sp³-hybridized carbons (Fsp3) is 0.0769. The molecular formula is C26H26LiNSi2. The minimum Gasteiger partial charge on any atom is -0.675 e. The molecule has 4 aromatic carbocycles. The smallest absolute Gasteiger partial charge is 0.675 e. The third-order valence-corrected chi connectivity index (χ3v) is 10.1. The topological polar surface area (TPSA) is 14.1 Å². The van der Waals surface area contributed by atoms with E-state index in [0.717, 1.165) is 0 Å². The second kappa shape index (κ2) is 11.9. The van der Waals surface area contributed by atoms with Crippen molar-refractivity contribution in [1.82, 2.24) is 0 Å². The second-order valence-electron chi connectivity index (χ2n) is 7.34. The van der Waals surface area contributed by atoms with Gasteiger partial charge in [-0.3, -0.25) is 0 Å². The summed E-state index contributed by atoms with van der Waals surface area (Å²) >= 11 is 0. The van der Waals surface area contributed by atoms with Crippen molar-refractivity contribution in [2.75, 3.05) is 0 Å². The van der Waals surface area contributed by atoms with Crippen molar-refractivity contribution in [1.29, 1.82) is 0 Å². The van der Waals surface area contributed by atoms with Crippen LogP contribution in [0.1, 0.15) is 33.3 Å². The third-order valence-electron chi connectivity index (χ3n) is 5.43. The van der Waals surface area contributed by atoms with Crippen LogP contribution >= 0.6 is 0 Å². The first kappa shape index (κ1) is 22.6. The molecular weight excluding hydrogens is 389 g/mol. The fourth-order valence-corrected chi connectivity index (χ4v) is 8.47. The zero-order chi connectivity index (χ0) is 19.7. The molecule has 4 aromatic rings. The Morgan fingerprint density at radius 2 is 0.633 bits per heavy atom. The van der Waals surface area contributed by atoms with E-state index in [9.17, 15) is 0 Å². The average Bonchev–Trinajstić information content (AvgIpc) is 2.81. The fourth-order valence-electron chi connectivity index (χ4n) is 3.88. The molecule has 0 aliphatic carbocycles. The van der Waals surface area contributed by atoms with Gasteiger partial charge in [-0.05, 0) is 33.3 Å². The van der Waals surface area contributed by atoms with Crippen LogP contribution < -0.4 is 18.9 Å². The minimum atomic E-state index is -0.637. The van der Waals surface area contributed by atoms with Crippen molar-refractivity contribution in [3.63, 3.8) is 0 Å². The van der Waals surface area contributed by atoms with Crippen LogP contribution in [0.25, 0.3) is 4.65 Å². The Balaban J connectivity index is 0.00000256. The van der Waals surface area contributed by atoms with Gasteiger partial charge >= 0.3 is 18.9 Å². The number of hydrogen-bond donors (Lipinski definition) is 0. The van der Waals surface area contributed by atoms with E-state index in [1.54, 1.807) is 0 Å². The molecule has 0 fully saturated rings. The van der Waals surface area contributed by atoms with Gasteiger partial charge in [-0.15, -0.1) is 0 Å². The predicted octanol–water partition coefficient (Wildman–Crippen LogP) is 2.11. The van der Waals surface area contributed by atoms with Gasteiger partial charge in [0.1, 0.15) is 0 Å². The summed E-state index contributed by atoms with van der Waals surface area (Å²) in [5.74, 6) is 0. The van der Waals surface area contributed by atoms with Crippen LogP contribution in [0.4, 0.5) is 0 Å². The first-order chi connectivity index (χ1) is 14.4. The van der Waals surface area contributed by atoms with Gasteiger partial charge in [0, 0.05) is 0 Å². The minimum absolute atomic E-state index is 0. The van der Waals surface area contributed by atoms with Crippen LogP contribution in [0.15, 0.2) is 121 Å². The maximum absolute atomic E-state index is 5.36. The molecule has 0 radical (unpaired) electrons. The summed E-state index contributed by atoms with van der Waals surface area (Å²) in [7, 11) is -1.27. The van der Waals surface area contributed by atoms with E-state index in [2.05, 4.69) is 121 Å². The van der Waals surface area contributed by atoms with Crippen LogP contribution in [0.3, 0.4) is 0 Å². The normalized spacial score (nSPS) is 11.5. The van der Waals surface area contributed by atoms with E-state index in [-0.39, 0.29) is 18.9 Å². The predicted molar refractivity (Wildman–Crippen MR) is 130 cm³/mol. The summed E-state index contributed by atoms with van der Waals surface area (Å²) in [5.41, 5.74) is 6.52. The molecule has 0 heterocycles. The first-order valence-electron chi connectivity index (χ1n) is 10.2. The van der Waals surface area contributed by atoms with Crippen molar-refractivity contribution in [3.05, 3.63) is 148 Å². The van der Waals surface area contributed by atoms with E-state index in [1.165, 1.54) is 22.3 Å². The Morgan fingerprint density at radius 1 is 0.400 bits per heavy atom. The molecule has 0 aromatic heterocycles. The van der Waals surface area contributed by atoms with Crippen LogP contribution in [-0.4, -0.2) is 19.4 Å². The Morgan fingerprint density at radius 3 is 0.867 bits per heavy atom. The number of rotatable bonds is 8. The quantitative estimate of drug-likeness (QED) is 0.392. The van der Waals surface area contributed by atoms with Crippen molar-refractivity contribution in [2.45, 2.75) is 11.1 Å². The molecule has 144 valence electrons. The molecule has 0 saturated carbocycles. The van der Waals surface area contributed by atoms with E-state index >= 15 is 0 Å². The van der Waals surface area contributed by atoms with Gasteiger partial charge in [0.15, 0.2) is 0 Å². The third kappa shape index (κ3) is 5.95. The summed E-state index contributed by atoms with van der Waals surface area (Å²) in [6.45, 7) is 0. The van der Waals surface area contributed by atoms with E-state index in [4.69, 9.17) is 4.65 Å². The Kier molecular flexibility index (Phi) is 8.95. The van der Waals surface area contributed by atoms with Crippen molar-refractivity contribution in [2.24, 2.45) is 0 Å². The van der Waals surface area contributed by atoms with Gasteiger partial charge < -0.3 is 4.65 Å². The molecule has 0 saturated heterocycles. The first-order valence-corrected chi connectivity index (χ1v) is 13.1. The second-order valence-corrected chi connectivity index (χ2v) is 11.5. The molecule has 1 nitrogen and oxygen atoms in total. The Hall–Kier alpha value is -2.13. The maximum atomic E-state index is 5.36. The van der Waals surface area contributed by atoms with Crippen LogP contribution in [0.2, 0.25) is 0 Å². The molecule has 0 unspecified atom stereocenters. The molecule has 0 N–H and O–H groups in total. The number of nitrogens with zero attached hydrogens (tertiary/aromatic N) is 1. The molecule has 0 atom stereocenters. The van der Waals surface area contributed by atoms with E-state index in [0.29, 0.717) is 11.1 Å². The van der Waals surface area contributed by atoms with Gasteiger partial charge in [-0.25, -0.2) is 0 Å². The summed E-state index contributed by atoms with van der Waals surface area (Å²) in [6, 6.07) is 43.6. The molecule has 0 amide bonds. The van der Waals surface area contributed by atoms with Gasteiger partial charge in [0.2, 0.25) is 0 Å². The number of benzene rings is 4. The summed E-state index contributed by atoms with van der Waals surface area (Å²) < 4.78 is 5.36. The van der Waals surface area contributed by atoms with Gasteiger partial charge in [0.05, 0.1) is 0 Å².